The van der Waals surface area contributed by atoms with Crippen LogP contribution in [0.4, 0.5) is 0 Å². The molecule has 0 aromatic carbocycles. The highest BCUT2D eigenvalue weighted by atomic mass is 16.3. The Bertz CT molecular complexity index is 176. The molecule has 0 aliphatic rings. The second kappa shape index (κ2) is 2.72. The van der Waals surface area contributed by atoms with Crippen LogP contribution in [0.2, 0.25) is 0 Å². The van der Waals surface area contributed by atoms with E-state index in [1.54, 1.807) is 6.26 Å². The summed E-state index contributed by atoms with van der Waals surface area (Å²) in [5.41, 5.74) is 1.22. The van der Waals surface area contributed by atoms with Crippen molar-refractivity contribution in [3.63, 3.8) is 0 Å². The number of hydrogen-bond acceptors (Lipinski definition) is 1. The Morgan fingerprint density at radius 2 is 2.33 bits per heavy atom. The van der Waals surface area contributed by atoms with Gasteiger partial charge in [0, 0.05) is 6.42 Å². The van der Waals surface area contributed by atoms with Crippen LogP contribution in [0.1, 0.15) is 24.7 Å². The number of aryl methyl sites for hydroxylation is 2. The topological polar surface area (TPSA) is 13.1 Å². The second-order valence-corrected chi connectivity index (χ2v) is 2.34. The van der Waals surface area contributed by atoms with Gasteiger partial charge in [-0.15, -0.1) is 0 Å². The van der Waals surface area contributed by atoms with Crippen LogP contribution in [-0.4, -0.2) is 0 Å². The van der Waals surface area contributed by atoms with Crippen molar-refractivity contribution in [1.29, 1.82) is 0 Å². The first-order valence-corrected chi connectivity index (χ1v) is 3.37. The van der Waals surface area contributed by atoms with Gasteiger partial charge in [0.1, 0.15) is 5.76 Å². The first-order chi connectivity index (χ1) is 4.33. The fourth-order valence-corrected chi connectivity index (χ4v) is 0.868. The van der Waals surface area contributed by atoms with E-state index in [4.69, 9.17) is 4.42 Å². The van der Waals surface area contributed by atoms with Crippen LogP contribution in [0.3, 0.4) is 0 Å². The zero-order valence-corrected chi connectivity index (χ0v) is 5.98. The summed E-state index contributed by atoms with van der Waals surface area (Å²) in [5, 5.41) is 0. The minimum atomic E-state index is 1.06. The molecule has 9 heavy (non-hydrogen) atoms. The van der Waals surface area contributed by atoms with Crippen LogP contribution < -0.4 is 0 Å². The molecule has 0 unspecified atom stereocenters. The van der Waals surface area contributed by atoms with Crippen LogP contribution >= 0.6 is 0 Å². The second-order valence-electron chi connectivity index (χ2n) is 2.34. The van der Waals surface area contributed by atoms with Gasteiger partial charge in [0.2, 0.25) is 0 Å². The molecular weight excluding hydrogens is 112 g/mol. The molecule has 1 heterocycles. The van der Waals surface area contributed by atoms with E-state index in [2.05, 4.69) is 13.0 Å². The third-order valence-electron chi connectivity index (χ3n) is 1.28. The third kappa shape index (κ3) is 1.60. The fourth-order valence-electron chi connectivity index (χ4n) is 0.868. The molecule has 0 aliphatic carbocycles. The average molecular weight is 124 g/mol. The minimum Gasteiger partial charge on any atom is -0.469 e. The molecule has 0 amide bonds. The lowest BCUT2D eigenvalue weighted by Gasteiger charge is -1.86. The monoisotopic (exact) mass is 124 g/mol. The Balaban J connectivity index is 2.61. The number of furan rings is 1. The van der Waals surface area contributed by atoms with Gasteiger partial charge in [-0.1, -0.05) is 6.92 Å². The predicted molar refractivity (Wildman–Crippen MR) is 37.4 cm³/mol. The van der Waals surface area contributed by atoms with E-state index in [1.165, 1.54) is 5.56 Å². The molecule has 0 bridgehead atoms. The van der Waals surface area contributed by atoms with Crippen LogP contribution in [0, 0.1) is 6.92 Å². The van der Waals surface area contributed by atoms with E-state index < -0.39 is 0 Å². The zero-order valence-electron chi connectivity index (χ0n) is 5.98. The van der Waals surface area contributed by atoms with Gasteiger partial charge in [0.15, 0.2) is 0 Å². The summed E-state index contributed by atoms with van der Waals surface area (Å²) in [6.45, 7) is 4.19. The SMILES string of the molecule is CCCc1cc(C)co1. The standard InChI is InChI=1S/C8H12O/c1-3-4-8-5-7(2)6-9-8/h5-6H,3-4H2,1-2H3. The van der Waals surface area contributed by atoms with Crippen molar-refractivity contribution in [2.75, 3.05) is 0 Å². The van der Waals surface area contributed by atoms with Crippen LogP contribution in [0.25, 0.3) is 0 Å². The highest BCUT2D eigenvalue weighted by Gasteiger charge is 1.94. The van der Waals surface area contributed by atoms with Crippen molar-refractivity contribution in [1.82, 2.24) is 0 Å². The Hall–Kier alpha value is -0.720. The van der Waals surface area contributed by atoms with E-state index in [0.29, 0.717) is 0 Å². The zero-order chi connectivity index (χ0) is 6.69. The molecule has 0 atom stereocenters. The normalized spacial score (nSPS) is 10.0. The lowest BCUT2D eigenvalue weighted by molar-refractivity contribution is 0.505. The molecule has 0 radical (unpaired) electrons. The first-order valence-electron chi connectivity index (χ1n) is 3.37. The maximum absolute atomic E-state index is 5.20. The van der Waals surface area contributed by atoms with Crippen molar-refractivity contribution >= 4 is 0 Å². The highest BCUT2D eigenvalue weighted by Crippen LogP contribution is 2.07. The molecule has 0 spiro atoms. The quantitative estimate of drug-likeness (QED) is 0.590. The van der Waals surface area contributed by atoms with Gasteiger partial charge in [0.25, 0.3) is 0 Å². The molecule has 0 saturated heterocycles. The molecule has 0 N–H and O–H groups in total. The van der Waals surface area contributed by atoms with Crippen LogP contribution in [0.5, 0.6) is 0 Å². The van der Waals surface area contributed by atoms with Crippen LogP contribution in [0.15, 0.2) is 16.7 Å². The number of rotatable bonds is 2. The van der Waals surface area contributed by atoms with Crippen LogP contribution in [-0.2, 0) is 6.42 Å². The van der Waals surface area contributed by atoms with Crippen molar-refractivity contribution in [3.05, 3.63) is 23.7 Å². The molecule has 0 aliphatic heterocycles. The van der Waals surface area contributed by atoms with Crippen molar-refractivity contribution < 1.29 is 4.42 Å². The Kier molecular flexibility index (Phi) is 1.93. The van der Waals surface area contributed by atoms with E-state index in [9.17, 15) is 0 Å². The molecule has 50 valence electrons. The Morgan fingerprint density at radius 1 is 1.56 bits per heavy atom. The van der Waals surface area contributed by atoms with E-state index in [0.717, 1.165) is 18.6 Å². The lowest BCUT2D eigenvalue weighted by atomic mass is 10.2. The molecular formula is C8H12O. The van der Waals surface area contributed by atoms with Gasteiger partial charge in [-0.25, -0.2) is 0 Å². The fraction of sp³-hybridized carbons (Fsp3) is 0.500. The molecule has 1 heteroatoms. The van der Waals surface area contributed by atoms with Gasteiger partial charge >= 0.3 is 0 Å². The number of hydrogen-bond donors (Lipinski definition) is 0. The van der Waals surface area contributed by atoms with Crippen molar-refractivity contribution in [2.45, 2.75) is 26.7 Å². The average Bonchev–Trinajstić information content (AvgIpc) is 2.17. The maximum Gasteiger partial charge on any atom is 0.104 e. The Labute approximate surface area is 55.7 Å². The van der Waals surface area contributed by atoms with Gasteiger partial charge in [-0.3, -0.25) is 0 Å². The summed E-state index contributed by atoms with van der Waals surface area (Å²) in [6, 6.07) is 2.09. The summed E-state index contributed by atoms with van der Waals surface area (Å²) in [7, 11) is 0. The molecule has 0 saturated carbocycles. The minimum absolute atomic E-state index is 1.06. The van der Waals surface area contributed by atoms with Gasteiger partial charge in [0.05, 0.1) is 6.26 Å². The molecule has 1 aromatic rings. The predicted octanol–water partition coefficient (Wildman–Crippen LogP) is 2.54. The maximum atomic E-state index is 5.20. The Morgan fingerprint density at radius 3 is 2.78 bits per heavy atom. The van der Waals surface area contributed by atoms with E-state index in [-0.39, 0.29) is 0 Å². The van der Waals surface area contributed by atoms with E-state index >= 15 is 0 Å². The molecule has 0 fully saturated rings. The third-order valence-corrected chi connectivity index (χ3v) is 1.28. The van der Waals surface area contributed by atoms with Gasteiger partial charge in [-0.05, 0) is 25.0 Å². The summed E-state index contributed by atoms with van der Waals surface area (Å²) in [5.74, 6) is 1.11. The smallest absolute Gasteiger partial charge is 0.104 e. The summed E-state index contributed by atoms with van der Waals surface area (Å²) in [6.07, 6.45) is 4.02. The van der Waals surface area contributed by atoms with Gasteiger partial charge < -0.3 is 4.42 Å². The highest BCUT2D eigenvalue weighted by molar-refractivity contribution is 5.10. The van der Waals surface area contributed by atoms with Gasteiger partial charge in [-0.2, -0.15) is 0 Å². The van der Waals surface area contributed by atoms with E-state index in [1.807, 2.05) is 6.92 Å². The first kappa shape index (κ1) is 6.40. The van der Waals surface area contributed by atoms with Crippen molar-refractivity contribution in [2.24, 2.45) is 0 Å². The molecule has 1 aromatic heterocycles. The largest absolute Gasteiger partial charge is 0.469 e. The lowest BCUT2D eigenvalue weighted by Crippen LogP contribution is -1.74. The summed E-state index contributed by atoms with van der Waals surface area (Å²) < 4.78 is 5.20. The summed E-state index contributed by atoms with van der Waals surface area (Å²) in [4.78, 5) is 0. The summed E-state index contributed by atoms with van der Waals surface area (Å²) >= 11 is 0. The molecule has 1 rings (SSSR count). The molecule has 1 nitrogen and oxygen atoms in total. The van der Waals surface area contributed by atoms with Crippen molar-refractivity contribution in [3.8, 4) is 0 Å².